The number of rotatable bonds is 5. The van der Waals surface area contributed by atoms with Gasteiger partial charge in [0, 0.05) is 23.9 Å². The molecule has 2 atom stereocenters. The van der Waals surface area contributed by atoms with Gasteiger partial charge in [0.2, 0.25) is 0 Å². The summed E-state index contributed by atoms with van der Waals surface area (Å²) in [5.74, 6) is 1.26. The maximum atomic E-state index is 11.0. The molecule has 1 aliphatic rings. The molecule has 1 aliphatic heterocycles. The SMILES string of the molecule is O=[N+]([O-])c1ccc(-c2ccc([C@H]3[C@H](c4ccccn4)NC(=S)N3c3ccccc3O)o2)cc1. The van der Waals surface area contributed by atoms with Gasteiger partial charge in [-0.1, -0.05) is 18.2 Å². The molecule has 2 aromatic heterocycles. The van der Waals surface area contributed by atoms with E-state index in [2.05, 4.69) is 10.3 Å². The molecule has 5 rings (SSSR count). The minimum Gasteiger partial charge on any atom is -0.506 e. The normalized spacial score (nSPS) is 17.7. The Morgan fingerprint density at radius 3 is 2.48 bits per heavy atom. The van der Waals surface area contributed by atoms with E-state index in [0.29, 0.717) is 27.9 Å². The zero-order chi connectivity index (χ0) is 22.9. The Balaban J connectivity index is 1.58. The Morgan fingerprint density at radius 1 is 1.03 bits per heavy atom. The molecule has 2 N–H and O–H groups in total. The number of pyridine rings is 1. The van der Waals surface area contributed by atoms with E-state index in [4.69, 9.17) is 16.6 Å². The van der Waals surface area contributed by atoms with Gasteiger partial charge in [-0.15, -0.1) is 0 Å². The van der Waals surface area contributed by atoms with Crippen LogP contribution in [0.1, 0.15) is 23.5 Å². The quantitative estimate of drug-likeness (QED) is 0.241. The van der Waals surface area contributed by atoms with Crippen molar-refractivity contribution in [1.82, 2.24) is 10.3 Å². The van der Waals surface area contributed by atoms with E-state index in [1.807, 2.05) is 41.3 Å². The van der Waals surface area contributed by atoms with Crippen LogP contribution in [0.25, 0.3) is 11.3 Å². The van der Waals surface area contributed by atoms with Crippen molar-refractivity contribution in [3.8, 4) is 17.1 Å². The number of hydrogen-bond donors (Lipinski definition) is 2. The minimum atomic E-state index is -0.440. The Hall–Kier alpha value is -4.24. The topological polar surface area (TPSA) is 105 Å². The van der Waals surface area contributed by atoms with Crippen molar-refractivity contribution >= 4 is 28.7 Å². The van der Waals surface area contributed by atoms with Crippen molar-refractivity contribution in [2.75, 3.05) is 4.90 Å². The summed E-state index contributed by atoms with van der Waals surface area (Å²) in [6.45, 7) is 0. The Morgan fingerprint density at radius 2 is 1.79 bits per heavy atom. The van der Waals surface area contributed by atoms with E-state index in [1.54, 1.807) is 36.5 Å². The number of nitro benzene ring substituents is 1. The summed E-state index contributed by atoms with van der Waals surface area (Å²) in [6, 6.07) is 21.7. The van der Waals surface area contributed by atoms with Gasteiger partial charge in [-0.25, -0.2) is 0 Å². The summed E-state index contributed by atoms with van der Waals surface area (Å²) in [7, 11) is 0. The number of phenolic OH excluding ortho intramolecular Hbond substituents is 1. The number of furan rings is 1. The van der Waals surface area contributed by atoms with Crippen molar-refractivity contribution in [3.05, 3.63) is 107 Å². The number of hydrogen-bond acceptors (Lipinski definition) is 6. The average molecular weight is 458 g/mol. The average Bonchev–Trinajstić information content (AvgIpc) is 3.45. The zero-order valence-corrected chi connectivity index (χ0v) is 18.0. The van der Waals surface area contributed by atoms with Gasteiger partial charge in [0.25, 0.3) is 5.69 Å². The van der Waals surface area contributed by atoms with Crippen molar-refractivity contribution in [2.24, 2.45) is 0 Å². The first-order valence-electron chi connectivity index (χ1n) is 10.2. The molecule has 1 saturated heterocycles. The van der Waals surface area contributed by atoms with E-state index in [-0.39, 0.29) is 17.5 Å². The molecule has 9 heteroatoms. The molecule has 0 saturated carbocycles. The summed E-state index contributed by atoms with van der Waals surface area (Å²) in [5, 5.41) is 25.2. The predicted octanol–water partition coefficient (Wildman–Crippen LogP) is 5.13. The fourth-order valence-electron chi connectivity index (χ4n) is 3.99. The van der Waals surface area contributed by atoms with Crippen LogP contribution in [0, 0.1) is 10.1 Å². The van der Waals surface area contributed by atoms with E-state index in [1.165, 1.54) is 12.1 Å². The number of anilines is 1. The van der Waals surface area contributed by atoms with Gasteiger partial charge in [-0.2, -0.15) is 0 Å². The molecule has 0 radical (unpaired) electrons. The third kappa shape index (κ3) is 3.79. The van der Waals surface area contributed by atoms with Crippen molar-refractivity contribution < 1.29 is 14.4 Å². The molecule has 0 aliphatic carbocycles. The lowest BCUT2D eigenvalue weighted by molar-refractivity contribution is -0.384. The van der Waals surface area contributed by atoms with Crippen molar-refractivity contribution in [1.29, 1.82) is 0 Å². The zero-order valence-electron chi connectivity index (χ0n) is 17.2. The highest BCUT2D eigenvalue weighted by Crippen LogP contribution is 2.45. The highest BCUT2D eigenvalue weighted by atomic mass is 32.1. The molecule has 0 spiro atoms. The monoisotopic (exact) mass is 458 g/mol. The number of para-hydroxylation sites is 2. The number of aromatic hydroxyl groups is 1. The van der Waals surface area contributed by atoms with E-state index < -0.39 is 11.0 Å². The Labute approximate surface area is 194 Å². The molecule has 4 aromatic rings. The van der Waals surface area contributed by atoms with Crippen LogP contribution >= 0.6 is 12.2 Å². The molecule has 164 valence electrons. The Kier molecular flexibility index (Phi) is 5.23. The fourth-order valence-corrected chi connectivity index (χ4v) is 4.32. The molecular formula is C24H18N4O4S. The van der Waals surface area contributed by atoms with Gasteiger partial charge >= 0.3 is 0 Å². The third-order valence-corrected chi connectivity index (χ3v) is 5.83. The van der Waals surface area contributed by atoms with Gasteiger partial charge in [-0.05, 0) is 60.7 Å². The molecular weight excluding hydrogens is 440 g/mol. The number of phenols is 1. The second-order valence-electron chi connectivity index (χ2n) is 7.49. The first-order valence-corrected chi connectivity index (χ1v) is 10.6. The molecule has 8 nitrogen and oxygen atoms in total. The molecule has 2 aromatic carbocycles. The summed E-state index contributed by atoms with van der Waals surface area (Å²) in [4.78, 5) is 16.8. The fraction of sp³-hybridized carbons (Fsp3) is 0.0833. The van der Waals surface area contributed by atoms with Gasteiger partial charge in [-0.3, -0.25) is 15.1 Å². The highest BCUT2D eigenvalue weighted by Gasteiger charge is 2.43. The number of thiocarbonyl (C=S) groups is 1. The molecule has 0 bridgehead atoms. The van der Waals surface area contributed by atoms with Crippen LogP contribution in [0.4, 0.5) is 11.4 Å². The molecule has 0 amide bonds. The smallest absolute Gasteiger partial charge is 0.269 e. The van der Waals surface area contributed by atoms with Crippen molar-refractivity contribution in [2.45, 2.75) is 12.1 Å². The lowest BCUT2D eigenvalue weighted by Crippen LogP contribution is -2.29. The number of nitrogens with zero attached hydrogens (tertiary/aromatic N) is 3. The number of nitro groups is 1. The molecule has 3 heterocycles. The van der Waals surface area contributed by atoms with Crippen LogP contribution in [0.2, 0.25) is 0 Å². The highest BCUT2D eigenvalue weighted by molar-refractivity contribution is 7.80. The summed E-state index contributed by atoms with van der Waals surface area (Å²) < 4.78 is 6.23. The summed E-state index contributed by atoms with van der Waals surface area (Å²) in [5.41, 5.74) is 2.04. The number of benzene rings is 2. The van der Waals surface area contributed by atoms with Gasteiger partial charge in [0.15, 0.2) is 5.11 Å². The minimum absolute atomic E-state index is 0.0109. The predicted molar refractivity (Wildman–Crippen MR) is 127 cm³/mol. The second-order valence-corrected chi connectivity index (χ2v) is 7.88. The van der Waals surface area contributed by atoms with Crippen LogP contribution in [0.15, 0.2) is 89.5 Å². The van der Waals surface area contributed by atoms with Crippen LogP contribution in [-0.4, -0.2) is 20.1 Å². The first kappa shape index (κ1) is 20.7. The van der Waals surface area contributed by atoms with Crippen LogP contribution in [0.5, 0.6) is 5.75 Å². The number of non-ortho nitro benzene ring substituents is 1. The molecule has 0 unspecified atom stereocenters. The lowest BCUT2D eigenvalue weighted by Gasteiger charge is -2.26. The molecule has 33 heavy (non-hydrogen) atoms. The first-order chi connectivity index (χ1) is 16.0. The van der Waals surface area contributed by atoms with Gasteiger partial charge in [0.1, 0.15) is 23.3 Å². The second kappa shape index (κ2) is 8.36. The third-order valence-electron chi connectivity index (χ3n) is 5.52. The van der Waals surface area contributed by atoms with Gasteiger partial charge in [0.05, 0.1) is 22.3 Å². The van der Waals surface area contributed by atoms with Crippen LogP contribution < -0.4 is 10.2 Å². The van der Waals surface area contributed by atoms with E-state index in [0.717, 1.165) is 5.69 Å². The maximum Gasteiger partial charge on any atom is 0.269 e. The maximum absolute atomic E-state index is 11.0. The van der Waals surface area contributed by atoms with Crippen LogP contribution in [0.3, 0.4) is 0 Å². The number of nitrogens with one attached hydrogen (secondary N) is 1. The summed E-state index contributed by atoms with van der Waals surface area (Å²) in [6.07, 6.45) is 1.71. The molecule has 1 fully saturated rings. The van der Waals surface area contributed by atoms with Gasteiger partial charge < -0.3 is 19.7 Å². The van der Waals surface area contributed by atoms with Crippen LogP contribution in [-0.2, 0) is 0 Å². The van der Waals surface area contributed by atoms with E-state index in [9.17, 15) is 15.2 Å². The van der Waals surface area contributed by atoms with Crippen molar-refractivity contribution in [3.63, 3.8) is 0 Å². The summed E-state index contributed by atoms with van der Waals surface area (Å²) >= 11 is 5.65. The number of aromatic nitrogens is 1. The van der Waals surface area contributed by atoms with E-state index >= 15 is 0 Å². The Bertz CT molecular complexity index is 1320. The largest absolute Gasteiger partial charge is 0.506 e. The standard InChI is InChI=1S/C24H18N4O4S/c29-19-7-2-1-6-18(19)27-23(22(26-24(27)33)17-5-3-4-14-25-17)21-13-12-20(32-21)15-8-10-16(11-9-15)28(30)31/h1-14,22-23,29H,(H,26,33)/t22-,23-/m0/s1. The lowest BCUT2D eigenvalue weighted by atomic mass is 10.0.